The minimum atomic E-state index is -4.73. The van der Waals surface area contributed by atoms with Gasteiger partial charge < -0.3 is 14.5 Å². The number of ether oxygens (including phenoxy) is 1. The minimum Gasteiger partial charge on any atom is -0.467 e. The number of anilines is 1. The monoisotopic (exact) mass is 532 g/mol. The van der Waals surface area contributed by atoms with Gasteiger partial charge in [0.15, 0.2) is 12.3 Å². The van der Waals surface area contributed by atoms with Gasteiger partial charge in [0.1, 0.15) is 0 Å². The van der Waals surface area contributed by atoms with Crippen LogP contribution in [-0.4, -0.2) is 53.4 Å². The van der Waals surface area contributed by atoms with Gasteiger partial charge in [-0.1, -0.05) is 23.7 Å². The van der Waals surface area contributed by atoms with E-state index in [1.165, 1.54) is 29.2 Å². The molecule has 13 heteroatoms. The molecular weight excluding hydrogens is 514 g/mol. The van der Waals surface area contributed by atoms with Crippen LogP contribution in [0.3, 0.4) is 0 Å². The molecule has 1 amide bonds. The van der Waals surface area contributed by atoms with Crippen molar-refractivity contribution in [3.8, 4) is 11.6 Å². The van der Waals surface area contributed by atoms with E-state index in [2.05, 4.69) is 5.10 Å². The zero-order chi connectivity index (χ0) is 26.1. The summed E-state index contributed by atoms with van der Waals surface area (Å²) in [6.45, 7) is 0.731. The van der Waals surface area contributed by atoms with Crippen molar-refractivity contribution in [3.05, 3.63) is 70.9 Å². The van der Waals surface area contributed by atoms with E-state index < -0.39 is 36.1 Å². The lowest BCUT2D eigenvalue weighted by Crippen LogP contribution is -2.50. The normalized spacial score (nSPS) is 14.8. The summed E-state index contributed by atoms with van der Waals surface area (Å²) in [7, 11) is 0. The van der Waals surface area contributed by atoms with E-state index in [1.807, 2.05) is 4.90 Å². The zero-order valence-electron chi connectivity index (χ0n) is 18.5. The fraction of sp³-hybridized carbons (Fsp3) is 0.304. The Morgan fingerprint density at radius 2 is 1.56 bits per heavy atom. The van der Waals surface area contributed by atoms with E-state index >= 15 is 0 Å². The van der Waals surface area contributed by atoms with Crippen LogP contribution in [0.25, 0.3) is 5.69 Å². The summed E-state index contributed by atoms with van der Waals surface area (Å²) >= 11 is 6.10. The van der Waals surface area contributed by atoms with Crippen LogP contribution >= 0.6 is 11.6 Å². The van der Waals surface area contributed by atoms with Crippen molar-refractivity contribution in [1.82, 2.24) is 14.7 Å². The Bertz CT molecular complexity index is 1220. The molecular formula is C23H19ClF6N4O2. The molecule has 4 rings (SSSR count). The molecule has 2 aromatic carbocycles. The van der Waals surface area contributed by atoms with E-state index in [-0.39, 0.29) is 29.7 Å². The average Bonchev–Trinajstić information content (AvgIpc) is 3.27. The number of aromatic nitrogens is 2. The number of para-hydroxylation sites is 1. The van der Waals surface area contributed by atoms with Crippen molar-refractivity contribution in [2.45, 2.75) is 12.4 Å². The largest absolute Gasteiger partial charge is 0.467 e. The molecule has 0 bridgehead atoms. The predicted molar refractivity (Wildman–Crippen MR) is 119 cm³/mol. The summed E-state index contributed by atoms with van der Waals surface area (Å²) in [5.74, 6) is -0.755. The van der Waals surface area contributed by atoms with Gasteiger partial charge in [-0.15, -0.1) is 0 Å². The second kappa shape index (κ2) is 9.92. The summed E-state index contributed by atoms with van der Waals surface area (Å²) in [5, 5.41) is 3.69. The van der Waals surface area contributed by atoms with Crippen LogP contribution in [-0.2, 0) is 17.1 Å². The third-order valence-corrected chi connectivity index (χ3v) is 5.90. The molecule has 0 radical (unpaired) electrons. The molecule has 1 fully saturated rings. The highest BCUT2D eigenvalue weighted by Gasteiger charge is 2.36. The molecule has 0 saturated carbocycles. The molecule has 1 saturated heterocycles. The second-order valence-electron chi connectivity index (χ2n) is 7.93. The third-order valence-electron chi connectivity index (χ3n) is 5.58. The van der Waals surface area contributed by atoms with Gasteiger partial charge in [0.05, 0.1) is 16.3 Å². The number of hydrogen-bond acceptors (Lipinski definition) is 4. The van der Waals surface area contributed by atoms with Crippen molar-refractivity contribution in [2.75, 3.05) is 37.7 Å². The third kappa shape index (κ3) is 5.69. The zero-order valence-corrected chi connectivity index (χ0v) is 19.2. The lowest BCUT2D eigenvalue weighted by Gasteiger charge is -2.36. The van der Waals surface area contributed by atoms with Gasteiger partial charge in [0.25, 0.3) is 5.91 Å². The first-order chi connectivity index (χ1) is 16.9. The van der Waals surface area contributed by atoms with Crippen LogP contribution in [0.5, 0.6) is 5.88 Å². The molecule has 1 aliphatic heterocycles. The first-order valence-corrected chi connectivity index (χ1v) is 11.1. The van der Waals surface area contributed by atoms with E-state index in [0.29, 0.717) is 24.8 Å². The van der Waals surface area contributed by atoms with Crippen molar-refractivity contribution < 1.29 is 35.9 Å². The summed E-state index contributed by atoms with van der Waals surface area (Å²) < 4.78 is 84.3. The van der Waals surface area contributed by atoms with Crippen LogP contribution in [0, 0.1) is 0 Å². The van der Waals surface area contributed by atoms with Gasteiger partial charge in [-0.3, -0.25) is 4.79 Å². The van der Waals surface area contributed by atoms with Gasteiger partial charge in [0.2, 0.25) is 5.88 Å². The first-order valence-electron chi connectivity index (χ1n) is 10.7. The molecule has 0 atom stereocenters. The van der Waals surface area contributed by atoms with Gasteiger partial charge in [-0.05, 0) is 36.4 Å². The smallest absolute Gasteiger partial charge is 0.435 e. The van der Waals surface area contributed by atoms with Crippen LogP contribution in [0.15, 0.2) is 54.6 Å². The standard InChI is InChI=1S/C23H19ClF6N4O2/c24-17-3-1-2-4-18(17)34-21(13-19(31-34)23(28,29)30)36-14-20(35)33-11-9-32(10-12-33)16-7-5-15(6-8-16)22(25,26)27/h1-8,13H,9-12,14H2. The van der Waals surface area contributed by atoms with Crippen molar-refractivity contribution in [3.63, 3.8) is 0 Å². The van der Waals surface area contributed by atoms with Gasteiger partial charge in [0, 0.05) is 37.9 Å². The van der Waals surface area contributed by atoms with E-state index in [1.54, 1.807) is 12.1 Å². The Labute approximate surface area is 206 Å². The van der Waals surface area contributed by atoms with Crippen LogP contribution in [0.1, 0.15) is 11.3 Å². The highest BCUT2D eigenvalue weighted by molar-refractivity contribution is 6.32. The summed E-state index contributed by atoms with van der Waals surface area (Å²) in [6, 6.07) is 11.6. The first kappa shape index (κ1) is 25.7. The molecule has 2 heterocycles. The molecule has 0 aliphatic carbocycles. The molecule has 0 spiro atoms. The maximum Gasteiger partial charge on any atom is 0.435 e. The maximum absolute atomic E-state index is 13.2. The summed E-state index contributed by atoms with van der Waals surface area (Å²) in [5.41, 5.74) is -1.20. The minimum absolute atomic E-state index is 0.143. The van der Waals surface area contributed by atoms with Crippen molar-refractivity contribution >= 4 is 23.2 Å². The van der Waals surface area contributed by atoms with Crippen LogP contribution in [0.4, 0.5) is 32.0 Å². The molecule has 3 aromatic rings. The van der Waals surface area contributed by atoms with E-state index in [0.717, 1.165) is 16.8 Å². The number of hydrogen-bond donors (Lipinski definition) is 0. The quantitative estimate of drug-likeness (QED) is 0.419. The molecule has 0 unspecified atom stereocenters. The van der Waals surface area contributed by atoms with E-state index in [9.17, 15) is 31.1 Å². The predicted octanol–water partition coefficient (Wildman–Crippen LogP) is 5.29. The van der Waals surface area contributed by atoms with Crippen molar-refractivity contribution in [1.29, 1.82) is 0 Å². The molecule has 1 aliphatic rings. The second-order valence-corrected chi connectivity index (χ2v) is 8.34. The molecule has 192 valence electrons. The average molecular weight is 533 g/mol. The summed E-state index contributed by atoms with van der Waals surface area (Å²) in [4.78, 5) is 16.0. The fourth-order valence-corrected chi connectivity index (χ4v) is 3.92. The SMILES string of the molecule is O=C(COc1cc(C(F)(F)F)nn1-c1ccccc1Cl)N1CCN(c2ccc(C(F)(F)F)cc2)CC1. The van der Waals surface area contributed by atoms with Gasteiger partial charge >= 0.3 is 12.4 Å². The number of benzene rings is 2. The molecule has 6 nitrogen and oxygen atoms in total. The molecule has 0 N–H and O–H groups in total. The number of carbonyl (C=O) groups excluding carboxylic acids is 1. The number of carbonyl (C=O) groups is 1. The summed E-state index contributed by atoms with van der Waals surface area (Å²) in [6.07, 6.45) is -9.16. The Morgan fingerprint density at radius 3 is 2.14 bits per heavy atom. The number of rotatable bonds is 5. The highest BCUT2D eigenvalue weighted by Crippen LogP contribution is 2.34. The molecule has 36 heavy (non-hydrogen) atoms. The van der Waals surface area contributed by atoms with Gasteiger partial charge in [-0.2, -0.15) is 36.1 Å². The van der Waals surface area contributed by atoms with Gasteiger partial charge in [-0.25, -0.2) is 0 Å². The van der Waals surface area contributed by atoms with Crippen LogP contribution < -0.4 is 9.64 Å². The molecule has 1 aromatic heterocycles. The lowest BCUT2D eigenvalue weighted by molar-refractivity contribution is -0.141. The number of nitrogens with zero attached hydrogens (tertiary/aromatic N) is 4. The Morgan fingerprint density at radius 1 is 0.917 bits per heavy atom. The fourth-order valence-electron chi connectivity index (χ4n) is 3.70. The lowest BCUT2D eigenvalue weighted by atomic mass is 10.1. The number of amides is 1. The van der Waals surface area contributed by atoms with E-state index in [4.69, 9.17) is 16.3 Å². The number of alkyl halides is 6. The maximum atomic E-state index is 13.2. The number of halogens is 7. The topological polar surface area (TPSA) is 50.6 Å². The Balaban J connectivity index is 1.39. The van der Waals surface area contributed by atoms with Crippen LogP contribution in [0.2, 0.25) is 5.02 Å². The number of piperazine rings is 1. The Kier molecular flexibility index (Phi) is 7.07. The van der Waals surface area contributed by atoms with Crippen molar-refractivity contribution in [2.24, 2.45) is 0 Å². The highest BCUT2D eigenvalue weighted by atomic mass is 35.5. The Hall–Kier alpha value is -3.41.